The average Bonchev–Trinajstić information content (AvgIpc) is 4.42. The van der Waals surface area contributed by atoms with Gasteiger partial charge in [0.2, 0.25) is 0 Å². The lowest BCUT2D eigenvalue weighted by molar-refractivity contribution is 0.0880. The van der Waals surface area contributed by atoms with Crippen molar-refractivity contribution in [2.75, 3.05) is 0 Å². The highest BCUT2D eigenvalue weighted by atomic mass is 32.1. The Balaban J connectivity index is 0.964. The molecule has 4 aromatic carbocycles. The Kier molecular flexibility index (Phi) is 17.6. The first-order chi connectivity index (χ1) is 39.6. The van der Waals surface area contributed by atoms with Crippen LogP contribution in [0.1, 0.15) is 170 Å². The highest BCUT2D eigenvalue weighted by Gasteiger charge is 2.34. The molecule has 0 radical (unpaired) electrons. The van der Waals surface area contributed by atoms with Gasteiger partial charge >= 0.3 is 0 Å². The van der Waals surface area contributed by atoms with Crippen LogP contribution in [0.25, 0.3) is 91.2 Å². The molecule has 0 saturated carbocycles. The summed E-state index contributed by atoms with van der Waals surface area (Å²) in [7, 11) is 0. The van der Waals surface area contributed by atoms with Crippen LogP contribution < -0.4 is 5.32 Å². The highest BCUT2D eigenvalue weighted by molar-refractivity contribution is 7.31. The Labute approximate surface area is 501 Å². The van der Waals surface area contributed by atoms with E-state index in [2.05, 4.69) is 159 Å². The molecule has 1 N–H and O–H groups in total. The average molecular weight is 1160 g/mol. The van der Waals surface area contributed by atoms with Crippen molar-refractivity contribution in [1.82, 2.24) is 5.32 Å². The molecule has 0 aliphatic carbocycles. The number of benzene rings is 4. The Morgan fingerprint density at radius 2 is 0.988 bits per heavy atom. The van der Waals surface area contributed by atoms with Gasteiger partial charge in [0, 0.05) is 86.8 Å². The van der Waals surface area contributed by atoms with Gasteiger partial charge in [-0.15, -0.1) is 68.0 Å². The molecule has 6 aromatic heterocycles. The Morgan fingerprint density at radius 1 is 0.432 bits per heavy atom. The molecule has 1 aliphatic rings. The summed E-state index contributed by atoms with van der Waals surface area (Å²) in [5.74, 6) is 36.1. The van der Waals surface area contributed by atoms with E-state index in [4.69, 9.17) is 0 Å². The third kappa shape index (κ3) is 11.7. The second-order valence-corrected chi connectivity index (χ2v) is 27.8. The monoisotopic (exact) mass is 1160 g/mol. The summed E-state index contributed by atoms with van der Waals surface area (Å²) in [5, 5.41) is 9.11. The zero-order chi connectivity index (χ0) is 56.0. The molecule has 1 aliphatic heterocycles. The summed E-state index contributed by atoms with van der Waals surface area (Å²) in [6.07, 6.45) is 21.2. The predicted molar refractivity (Wildman–Crippen MR) is 356 cm³/mol. The van der Waals surface area contributed by atoms with Gasteiger partial charge in [0.25, 0.3) is 11.8 Å². The van der Waals surface area contributed by atoms with Gasteiger partial charge in [-0.1, -0.05) is 120 Å². The van der Waals surface area contributed by atoms with Gasteiger partial charge in [0.15, 0.2) is 0 Å². The van der Waals surface area contributed by atoms with E-state index in [1.165, 1.54) is 152 Å². The van der Waals surface area contributed by atoms with Crippen molar-refractivity contribution < 1.29 is 9.59 Å². The fourth-order valence-electron chi connectivity index (χ4n) is 11.5. The van der Waals surface area contributed by atoms with E-state index in [9.17, 15) is 9.59 Å². The number of carbonyl (C=O) groups excluding carboxylic acids is 2. The molecule has 0 fully saturated rings. The van der Waals surface area contributed by atoms with Crippen LogP contribution >= 0.6 is 68.0 Å². The van der Waals surface area contributed by atoms with Gasteiger partial charge in [-0.3, -0.25) is 14.9 Å². The number of rotatable bonds is 19. The van der Waals surface area contributed by atoms with Crippen molar-refractivity contribution in [3.8, 4) is 102 Å². The number of imide groups is 1. The Hall–Kier alpha value is -6.86. The molecule has 0 unspecified atom stereocenters. The molecule has 0 spiro atoms. The van der Waals surface area contributed by atoms with Gasteiger partial charge < -0.3 is 0 Å². The fraction of sp³-hybridized carbons (Fsp3) is 0.306. The zero-order valence-electron chi connectivity index (χ0n) is 46.9. The molecule has 3 nitrogen and oxygen atoms in total. The van der Waals surface area contributed by atoms with E-state index in [1.807, 2.05) is 28.7 Å². The third-order valence-electron chi connectivity index (χ3n) is 15.3. The van der Waals surface area contributed by atoms with E-state index in [0.717, 1.165) is 73.9 Å². The molecule has 0 bridgehead atoms. The minimum absolute atomic E-state index is 0.321. The number of aryl methyl sites for hydroxylation is 4. The van der Waals surface area contributed by atoms with Gasteiger partial charge in [0.05, 0.1) is 30.8 Å². The van der Waals surface area contributed by atoms with E-state index in [1.54, 1.807) is 59.2 Å². The molecule has 81 heavy (non-hydrogen) atoms. The molecule has 402 valence electrons. The van der Waals surface area contributed by atoms with Crippen molar-refractivity contribution in [3.05, 3.63) is 104 Å². The van der Waals surface area contributed by atoms with Gasteiger partial charge in [-0.25, -0.2) is 0 Å². The summed E-state index contributed by atoms with van der Waals surface area (Å²) in [6, 6.07) is 22.5. The normalized spacial score (nSPS) is 11.7. The van der Waals surface area contributed by atoms with Crippen LogP contribution in [0, 0.1) is 91.8 Å². The molecular formula is C72H61NO2S6. The number of carbonyl (C=O) groups is 2. The van der Waals surface area contributed by atoms with Crippen LogP contribution in [0.2, 0.25) is 0 Å². The van der Waals surface area contributed by atoms with Crippen molar-refractivity contribution in [2.45, 2.75) is 144 Å². The van der Waals surface area contributed by atoms with E-state index >= 15 is 0 Å². The second-order valence-electron chi connectivity index (χ2n) is 21.0. The number of hydrogen-bond acceptors (Lipinski definition) is 8. The molecule has 0 saturated heterocycles. The lowest BCUT2D eigenvalue weighted by Crippen LogP contribution is -2.20. The number of thiophene rings is 6. The Bertz CT molecular complexity index is 4560. The summed E-state index contributed by atoms with van der Waals surface area (Å²) in [4.78, 5) is 33.3. The number of hydrogen-bond donors (Lipinski definition) is 1. The number of unbranched alkanes of at least 4 members (excludes halogenated alkanes) is 14. The second kappa shape index (κ2) is 25.5. The summed E-state index contributed by atoms with van der Waals surface area (Å²) >= 11 is 10.6. The summed E-state index contributed by atoms with van der Waals surface area (Å²) < 4.78 is 6.99. The van der Waals surface area contributed by atoms with E-state index in [0.29, 0.717) is 11.1 Å². The first-order valence-corrected chi connectivity index (χ1v) is 33.4. The number of fused-ring (bicyclic) bond motifs is 12. The van der Waals surface area contributed by atoms with Crippen LogP contribution in [0.5, 0.6) is 0 Å². The summed E-state index contributed by atoms with van der Waals surface area (Å²) in [5.41, 5.74) is 7.88. The largest absolute Gasteiger partial charge is 0.288 e. The van der Waals surface area contributed by atoms with Gasteiger partial charge in [-0.2, -0.15) is 0 Å². The maximum atomic E-state index is 13.3. The van der Waals surface area contributed by atoms with Crippen LogP contribution in [0.15, 0.2) is 60.7 Å². The first kappa shape index (κ1) is 56.0. The summed E-state index contributed by atoms with van der Waals surface area (Å²) in [6.45, 7) is 12.4. The fourth-order valence-corrected chi connectivity index (χ4v) is 18.5. The predicted octanol–water partition coefficient (Wildman–Crippen LogP) is 21.0. The number of amides is 2. The smallest absolute Gasteiger partial charge is 0.259 e. The third-order valence-corrected chi connectivity index (χ3v) is 22.4. The number of nitrogens with one attached hydrogen (secondary N) is 1. The van der Waals surface area contributed by atoms with Crippen molar-refractivity contribution in [3.63, 3.8) is 0 Å². The van der Waals surface area contributed by atoms with Crippen LogP contribution in [-0.4, -0.2) is 11.8 Å². The van der Waals surface area contributed by atoms with Gasteiger partial charge in [-0.05, 0) is 172 Å². The Morgan fingerprint density at radius 3 is 1.63 bits per heavy atom. The minimum atomic E-state index is -0.329. The van der Waals surface area contributed by atoms with E-state index in [-0.39, 0.29) is 11.8 Å². The topological polar surface area (TPSA) is 46.2 Å². The molecular weight excluding hydrogens is 1100 g/mol. The highest BCUT2D eigenvalue weighted by Crippen LogP contribution is 2.51. The minimum Gasteiger partial charge on any atom is -0.288 e. The van der Waals surface area contributed by atoms with Gasteiger partial charge in [0.1, 0.15) is 0 Å². The van der Waals surface area contributed by atoms with Crippen LogP contribution in [0.3, 0.4) is 0 Å². The molecule has 10 aromatic rings. The molecule has 9 heteroatoms. The SMILES string of the molecule is CC#CC#CC#Cc1c(-c2ccc(-c3cc4c5c(c6cc(C)sc6c4s3)C(=O)NC5=O)s2)cc(C)c2c1sc1cc3c(cc12)sc1c(CCCCCCCCCCCCCCCCC)c(-c2ccc(C)s2)cc(C#CC#CC#CC)c13. The molecule has 2 amide bonds. The van der Waals surface area contributed by atoms with Crippen molar-refractivity contribution >= 4 is 140 Å². The molecule has 11 rings (SSSR count). The maximum Gasteiger partial charge on any atom is 0.259 e. The first-order valence-electron chi connectivity index (χ1n) is 28.5. The van der Waals surface area contributed by atoms with Crippen LogP contribution in [-0.2, 0) is 6.42 Å². The van der Waals surface area contributed by atoms with Crippen LogP contribution in [0.4, 0.5) is 0 Å². The standard InChI is InChI=1S/C72H61NO2S6/c1-7-10-13-16-17-18-19-20-21-22-23-24-25-28-31-34-50-52(57-36-35-46(5)76-57)41-48(32-29-26-14-11-8-2)64-54-43-60-53(42-61(54)80-68(50)64)63-45(4)39-51(49(67(63)79-60)33-30-27-15-12-9-3)58-37-38-59(78-58)62-44-56-66-65(71(74)73-72(66)75)55-40-47(6)77-69(55)70(56)81-62/h35-44H,7,10,13,16-25,28,31,34H2,1-6H3,(H,73,74,75). The maximum absolute atomic E-state index is 13.3. The lowest BCUT2D eigenvalue weighted by Gasteiger charge is -2.12. The quantitative estimate of drug-likeness (QED) is 0.0498. The van der Waals surface area contributed by atoms with Crippen molar-refractivity contribution in [2.24, 2.45) is 0 Å². The zero-order valence-corrected chi connectivity index (χ0v) is 51.8. The molecule has 0 atom stereocenters. The molecule has 7 heterocycles. The van der Waals surface area contributed by atoms with Crippen molar-refractivity contribution in [1.29, 1.82) is 0 Å². The van der Waals surface area contributed by atoms with E-state index < -0.39 is 0 Å². The lowest BCUT2D eigenvalue weighted by atomic mass is 9.93.